The first-order chi connectivity index (χ1) is 14.2. The van der Waals surface area contributed by atoms with Gasteiger partial charge in [-0.25, -0.2) is 18.4 Å². The van der Waals surface area contributed by atoms with Crippen LogP contribution in [0.2, 0.25) is 0 Å². The van der Waals surface area contributed by atoms with Crippen LogP contribution in [-0.2, 0) is 10.0 Å². The molecule has 0 unspecified atom stereocenters. The van der Waals surface area contributed by atoms with E-state index in [-0.39, 0.29) is 22.4 Å². The van der Waals surface area contributed by atoms with Gasteiger partial charge in [-0.2, -0.15) is 0 Å². The summed E-state index contributed by atoms with van der Waals surface area (Å²) in [5.74, 6) is 0.239. The minimum atomic E-state index is -3.89. The molecule has 2 aromatic rings. The van der Waals surface area contributed by atoms with Crippen molar-refractivity contribution in [3.63, 3.8) is 0 Å². The topological polar surface area (TPSA) is 130 Å². The number of nitrogens with zero attached hydrogens (tertiary/aromatic N) is 1. The third kappa shape index (κ3) is 4.63. The lowest BCUT2D eigenvalue weighted by Gasteiger charge is -2.19. The molecule has 2 aliphatic carbocycles. The van der Waals surface area contributed by atoms with Crippen molar-refractivity contribution in [1.29, 1.82) is 0 Å². The van der Waals surface area contributed by atoms with Gasteiger partial charge < -0.3 is 15.3 Å². The van der Waals surface area contributed by atoms with Crippen molar-refractivity contribution in [3.8, 4) is 0 Å². The molecular formula is C21H23N3O5S. The standard InChI is InChI=1S/C21H23N3O5S/c22-30(28,29)17-3-1-2-15(10-17)20(25)23-16-8-6-14(7-9-16)18-11-19(18)24(21(26)27)12-13-4-5-13/h1-3,6-10,13,18-19H,4-5,11-12H2,(H,23,25)(H,26,27)(H2,22,28,29)/t18-,19+/m0/s1. The first-order valence-corrected chi connectivity index (χ1v) is 11.3. The summed E-state index contributed by atoms with van der Waals surface area (Å²) in [6, 6.07) is 12.8. The molecule has 0 aliphatic heterocycles. The van der Waals surface area contributed by atoms with E-state index >= 15 is 0 Å². The normalized spacial score (nSPS) is 20.4. The molecule has 2 aromatic carbocycles. The Hall–Kier alpha value is -2.91. The first-order valence-electron chi connectivity index (χ1n) is 9.76. The number of sulfonamides is 1. The van der Waals surface area contributed by atoms with Gasteiger partial charge in [0.1, 0.15) is 0 Å². The Balaban J connectivity index is 1.40. The lowest BCUT2D eigenvalue weighted by molar-refractivity contribution is 0.102. The van der Waals surface area contributed by atoms with Crippen LogP contribution in [0.5, 0.6) is 0 Å². The maximum absolute atomic E-state index is 12.4. The van der Waals surface area contributed by atoms with E-state index < -0.39 is 22.0 Å². The molecule has 2 aliphatic rings. The van der Waals surface area contributed by atoms with Gasteiger partial charge in [-0.05, 0) is 61.1 Å². The van der Waals surface area contributed by atoms with Gasteiger partial charge in [0, 0.05) is 29.8 Å². The van der Waals surface area contributed by atoms with Crippen molar-refractivity contribution < 1.29 is 23.1 Å². The van der Waals surface area contributed by atoms with Crippen molar-refractivity contribution in [2.45, 2.75) is 36.1 Å². The summed E-state index contributed by atoms with van der Waals surface area (Å²) in [5, 5.41) is 17.3. The summed E-state index contributed by atoms with van der Waals surface area (Å²) < 4.78 is 22.9. The zero-order valence-electron chi connectivity index (χ0n) is 16.2. The van der Waals surface area contributed by atoms with Gasteiger partial charge >= 0.3 is 6.09 Å². The number of nitrogens with two attached hydrogens (primary N) is 1. The Morgan fingerprint density at radius 3 is 2.43 bits per heavy atom. The fraction of sp³-hybridized carbons (Fsp3) is 0.333. The Morgan fingerprint density at radius 2 is 1.83 bits per heavy atom. The molecule has 30 heavy (non-hydrogen) atoms. The summed E-state index contributed by atoms with van der Waals surface area (Å²) in [6.07, 6.45) is 2.16. The van der Waals surface area contributed by atoms with Crippen LogP contribution in [0.4, 0.5) is 10.5 Å². The third-order valence-corrected chi connectivity index (χ3v) is 6.49. The average molecular weight is 429 g/mol. The maximum Gasteiger partial charge on any atom is 0.407 e. The van der Waals surface area contributed by atoms with Gasteiger partial charge in [-0.3, -0.25) is 4.79 Å². The molecule has 158 valence electrons. The van der Waals surface area contributed by atoms with E-state index in [4.69, 9.17) is 5.14 Å². The Bertz CT molecular complexity index is 1080. The average Bonchev–Trinajstić information content (AvgIpc) is 3.60. The molecule has 4 rings (SSSR count). The fourth-order valence-corrected chi connectivity index (χ4v) is 4.21. The number of rotatable bonds is 7. The smallest absolute Gasteiger partial charge is 0.407 e. The van der Waals surface area contributed by atoms with Crippen LogP contribution in [0, 0.1) is 5.92 Å². The molecule has 0 heterocycles. The summed E-state index contributed by atoms with van der Waals surface area (Å²) in [7, 11) is -3.89. The number of hydrogen-bond donors (Lipinski definition) is 3. The van der Waals surface area contributed by atoms with Gasteiger partial charge in [-0.1, -0.05) is 18.2 Å². The molecule has 0 spiro atoms. The molecule has 2 atom stereocenters. The van der Waals surface area contributed by atoms with E-state index in [9.17, 15) is 23.1 Å². The van der Waals surface area contributed by atoms with Crippen LogP contribution in [0.25, 0.3) is 0 Å². The van der Waals surface area contributed by atoms with Gasteiger partial charge in [0.05, 0.1) is 4.90 Å². The van der Waals surface area contributed by atoms with E-state index in [1.165, 1.54) is 24.3 Å². The predicted molar refractivity (Wildman–Crippen MR) is 111 cm³/mol. The molecule has 2 saturated carbocycles. The number of carbonyl (C=O) groups is 2. The van der Waals surface area contributed by atoms with E-state index in [1.54, 1.807) is 17.0 Å². The summed E-state index contributed by atoms with van der Waals surface area (Å²) >= 11 is 0. The summed E-state index contributed by atoms with van der Waals surface area (Å²) in [6.45, 7) is 0.613. The number of benzene rings is 2. The second-order valence-electron chi connectivity index (χ2n) is 7.94. The SMILES string of the molecule is NS(=O)(=O)c1cccc(C(=O)Nc2ccc([C@@H]3C[C@H]3N(CC3CC3)C(=O)O)cc2)c1. The molecule has 0 aromatic heterocycles. The predicted octanol–water partition coefficient (Wildman–Crippen LogP) is 2.83. The van der Waals surface area contributed by atoms with Crippen molar-refractivity contribution in [2.75, 3.05) is 11.9 Å². The highest BCUT2D eigenvalue weighted by Gasteiger charge is 2.46. The molecular weight excluding hydrogens is 406 g/mol. The molecule has 2 fully saturated rings. The number of amides is 2. The second kappa shape index (κ2) is 7.73. The third-order valence-electron chi connectivity index (χ3n) is 5.58. The van der Waals surface area contributed by atoms with Crippen molar-refractivity contribution in [1.82, 2.24) is 4.90 Å². The first kappa shape index (κ1) is 20.4. The van der Waals surface area contributed by atoms with Crippen molar-refractivity contribution in [2.24, 2.45) is 11.1 Å². The summed E-state index contributed by atoms with van der Waals surface area (Å²) in [4.78, 5) is 25.4. The lowest BCUT2D eigenvalue weighted by atomic mass is 10.1. The van der Waals surface area contributed by atoms with Gasteiger partial charge in [0.15, 0.2) is 0 Å². The second-order valence-corrected chi connectivity index (χ2v) is 9.50. The van der Waals surface area contributed by atoms with Crippen LogP contribution in [-0.4, -0.2) is 43.0 Å². The largest absolute Gasteiger partial charge is 0.465 e. The van der Waals surface area contributed by atoms with Crippen LogP contribution < -0.4 is 10.5 Å². The van der Waals surface area contributed by atoms with E-state index in [0.29, 0.717) is 18.2 Å². The molecule has 4 N–H and O–H groups in total. The van der Waals surface area contributed by atoms with E-state index in [0.717, 1.165) is 24.8 Å². The molecule has 0 radical (unpaired) electrons. The van der Waals surface area contributed by atoms with Crippen LogP contribution >= 0.6 is 0 Å². The molecule has 9 heteroatoms. The van der Waals surface area contributed by atoms with E-state index in [2.05, 4.69) is 5.32 Å². The number of hydrogen-bond acceptors (Lipinski definition) is 4. The lowest BCUT2D eigenvalue weighted by Crippen LogP contribution is -2.34. The molecule has 0 saturated heterocycles. The van der Waals surface area contributed by atoms with Crippen molar-refractivity contribution in [3.05, 3.63) is 59.7 Å². The zero-order chi connectivity index (χ0) is 21.5. The maximum atomic E-state index is 12.4. The molecule has 2 amide bonds. The Labute approximate surface area is 174 Å². The van der Waals surface area contributed by atoms with Crippen molar-refractivity contribution >= 4 is 27.7 Å². The molecule has 0 bridgehead atoms. The van der Waals surface area contributed by atoms with Crippen LogP contribution in [0.1, 0.15) is 41.1 Å². The Morgan fingerprint density at radius 1 is 1.13 bits per heavy atom. The van der Waals surface area contributed by atoms with Crippen LogP contribution in [0.3, 0.4) is 0 Å². The highest BCUT2D eigenvalue weighted by molar-refractivity contribution is 7.89. The van der Waals surface area contributed by atoms with Gasteiger partial charge in [0.25, 0.3) is 5.91 Å². The number of nitrogens with one attached hydrogen (secondary N) is 1. The van der Waals surface area contributed by atoms with Gasteiger partial charge in [-0.15, -0.1) is 0 Å². The highest BCUT2D eigenvalue weighted by Crippen LogP contribution is 2.46. The molecule has 8 nitrogen and oxygen atoms in total. The highest BCUT2D eigenvalue weighted by atomic mass is 32.2. The summed E-state index contributed by atoms with van der Waals surface area (Å²) in [5.41, 5.74) is 1.79. The van der Waals surface area contributed by atoms with E-state index in [1.807, 2.05) is 12.1 Å². The monoisotopic (exact) mass is 429 g/mol. The quantitative estimate of drug-likeness (QED) is 0.623. The Kier molecular flexibility index (Phi) is 5.25. The number of anilines is 1. The fourth-order valence-electron chi connectivity index (χ4n) is 3.65. The minimum Gasteiger partial charge on any atom is -0.465 e. The number of primary sulfonamides is 1. The van der Waals surface area contributed by atoms with Gasteiger partial charge in [0.2, 0.25) is 10.0 Å². The number of carboxylic acid groups (broad SMARTS) is 1. The van der Waals surface area contributed by atoms with Crippen LogP contribution in [0.15, 0.2) is 53.4 Å². The zero-order valence-corrected chi connectivity index (χ0v) is 17.0. The minimum absolute atomic E-state index is 0.0180. The number of carbonyl (C=O) groups excluding carboxylic acids is 1.